The van der Waals surface area contributed by atoms with Gasteiger partial charge in [0.05, 0.1) is 12.0 Å². The van der Waals surface area contributed by atoms with E-state index in [0.29, 0.717) is 15.7 Å². The quantitative estimate of drug-likeness (QED) is 0.873. The molecule has 23 heavy (non-hydrogen) atoms. The maximum Gasteiger partial charge on any atom is 0.284 e. The van der Waals surface area contributed by atoms with Crippen LogP contribution >= 0.6 is 11.8 Å². The van der Waals surface area contributed by atoms with E-state index in [1.807, 2.05) is 37.3 Å². The number of phenolic OH excluding ortho intramolecular Hbond substituents is 1. The minimum Gasteiger partial charge on any atom is -0.504 e. The van der Waals surface area contributed by atoms with Gasteiger partial charge in [-0.1, -0.05) is 41.6 Å². The van der Waals surface area contributed by atoms with Crippen LogP contribution in [0.25, 0.3) is 6.08 Å². The number of carbonyl (C=O) groups excluding carboxylic acids is 1. The lowest BCUT2D eigenvalue weighted by atomic mass is 10.1. The summed E-state index contributed by atoms with van der Waals surface area (Å²) in [5.74, 6) is 0.161. The molecule has 0 saturated heterocycles. The van der Waals surface area contributed by atoms with Gasteiger partial charge in [-0.05, 0) is 36.8 Å². The van der Waals surface area contributed by atoms with E-state index in [1.54, 1.807) is 12.1 Å². The number of thioether (sulfide) groups is 1. The maximum absolute atomic E-state index is 12.1. The van der Waals surface area contributed by atoms with Gasteiger partial charge in [0.25, 0.3) is 5.91 Å². The highest BCUT2D eigenvalue weighted by atomic mass is 32.2. The Kier molecular flexibility index (Phi) is 4.21. The van der Waals surface area contributed by atoms with Crippen molar-refractivity contribution in [1.82, 2.24) is 0 Å². The van der Waals surface area contributed by atoms with Crippen molar-refractivity contribution in [2.45, 2.75) is 6.92 Å². The van der Waals surface area contributed by atoms with Crippen LogP contribution in [0.5, 0.6) is 11.5 Å². The molecule has 0 atom stereocenters. The van der Waals surface area contributed by atoms with Gasteiger partial charge in [0.15, 0.2) is 11.5 Å². The fourth-order valence-corrected chi connectivity index (χ4v) is 3.07. The largest absolute Gasteiger partial charge is 0.504 e. The average molecular weight is 325 g/mol. The molecular weight excluding hydrogens is 310 g/mol. The molecule has 1 amide bonds. The van der Waals surface area contributed by atoms with Gasteiger partial charge in [-0.15, -0.1) is 0 Å². The van der Waals surface area contributed by atoms with Gasteiger partial charge in [0.2, 0.25) is 0 Å². The second kappa shape index (κ2) is 6.30. The zero-order valence-electron chi connectivity index (χ0n) is 12.7. The number of nitrogens with zero attached hydrogens (tertiary/aromatic N) is 1. The standard InChI is InChI=1S/C18H15NO3S/c1-11-3-5-12(6-4-11)9-16-17(21)19-18(23-16)13-7-8-14(20)15(10-13)22-2/h3-10,20H,1-2H3/b16-9-. The summed E-state index contributed by atoms with van der Waals surface area (Å²) in [6, 6.07) is 12.9. The molecule has 1 N–H and O–H groups in total. The second-order valence-corrected chi connectivity index (χ2v) is 6.16. The summed E-state index contributed by atoms with van der Waals surface area (Å²) < 4.78 is 5.09. The van der Waals surface area contributed by atoms with Crippen LogP contribution in [-0.2, 0) is 4.79 Å². The molecule has 0 bridgehead atoms. The van der Waals surface area contributed by atoms with Crippen molar-refractivity contribution >= 4 is 28.8 Å². The number of aromatic hydroxyl groups is 1. The Hall–Kier alpha value is -2.53. The summed E-state index contributed by atoms with van der Waals surface area (Å²) in [4.78, 5) is 16.8. The smallest absolute Gasteiger partial charge is 0.284 e. The number of hydrogen-bond donors (Lipinski definition) is 1. The van der Waals surface area contributed by atoms with Gasteiger partial charge in [-0.25, -0.2) is 4.99 Å². The first-order valence-electron chi connectivity index (χ1n) is 7.03. The summed E-state index contributed by atoms with van der Waals surface area (Å²) in [5.41, 5.74) is 2.88. The van der Waals surface area contributed by atoms with E-state index < -0.39 is 0 Å². The molecule has 3 rings (SSSR count). The molecule has 0 aliphatic carbocycles. The second-order valence-electron chi connectivity index (χ2n) is 5.13. The lowest BCUT2D eigenvalue weighted by Crippen LogP contribution is -1.93. The summed E-state index contributed by atoms with van der Waals surface area (Å²) in [6.07, 6.45) is 1.83. The molecule has 0 saturated carbocycles. The van der Waals surface area contributed by atoms with E-state index in [9.17, 15) is 9.90 Å². The van der Waals surface area contributed by atoms with Crippen molar-refractivity contribution in [3.63, 3.8) is 0 Å². The molecule has 0 unspecified atom stereocenters. The molecule has 1 aliphatic heterocycles. The van der Waals surface area contributed by atoms with E-state index in [4.69, 9.17) is 4.74 Å². The van der Waals surface area contributed by atoms with Crippen LogP contribution in [0.1, 0.15) is 16.7 Å². The maximum atomic E-state index is 12.1. The van der Waals surface area contributed by atoms with Crippen molar-refractivity contribution in [3.8, 4) is 11.5 Å². The third kappa shape index (κ3) is 3.29. The number of rotatable bonds is 3. The summed E-state index contributed by atoms with van der Waals surface area (Å²) in [5, 5.41) is 10.3. The number of aliphatic imine (C=N–C) groups is 1. The highest BCUT2D eigenvalue weighted by Gasteiger charge is 2.23. The summed E-state index contributed by atoms with van der Waals surface area (Å²) in [6.45, 7) is 2.02. The molecule has 0 radical (unpaired) electrons. The number of ether oxygens (including phenoxy) is 1. The molecule has 1 aliphatic rings. The number of phenols is 1. The predicted octanol–water partition coefficient (Wildman–Crippen LogP) is 3.77. The van der Waals surface area contributed by atoms with Crippen LogP contribution < -0.4 is 4.74 Å². The van der Waals surface area contributed by atoms with Crippen LogP contribution in [0.4, 0.5) is 0 Å². The van der Waals surface area contributed by atoms with Crippen LogP contribution in [-0.4, -0.2) is 23.2 Å². The number of methoxy groups -OCH3 is 1. The normalized spacial score (nSPS) is 15.8. The van der Waals surface area contributed by atoms with Crippen LogP contribution in [0.15, 0.2) is 52.4 Å². The van der Waals surface area contributed by atoms with E-state index in [0.717, 1.165) is 11.1 Å². The topological polar surface area (TPSA) is 58.9 Å². The van der Waals surface area contributed by atoms with Gasteiger partial charge < -0.3 is 9.84 Å². The fourth-order valence-electron chi connectivity index (χ4n) is 2.16. The van der Waals surface area contributed by atoms with Gasteiger partial charge in [0, 0.05) is 5.56 Å². The van der Waals surface area contributed by atoms with Crippen LogP contribution in [0.2, 0.25) is 0 Å². The highest BCUT2D eigenvalue weighted by Crippen LogP contribution is 2.34. The van der Waals surface area contributed by atoms with E-state index in [-0.39, 0.29) is 11.7 Å². The molecule has 1 heterocycles. The molecule has 2 aromatic rings. The van der Waals surface area contributed by atoms with Crippen LogP contribution in [0, 0.1) is 6.92 Å². The molecule has 0 fully saturated rings. The Bertz CT molecular complexity index is 823. The molecular formula is C18H15NO3S. The van der Waals surface area contributed by atoms with Crippen molar-refractivity contribution in [2.75, 3.05) is 7.11 Å². The summed E-state index contributed by atoms with van der Waals surface area (Å²) >= 11 is 1.32. The van der Waals surface area contributed by atoms with Crippen molar-refractivity contribution in [1.29, 1.82) is 0 Å². The lowest BCUT2D eigenvalue weighted by molar-refractivity contribution is -0.113. The average Bonchev–Trinajstić information content (AvgIpc) is 2.91. The fraction of sp³-hybridized carbons (Fsp3) is 0.111. The Morgan fingerprint density at radius 2 is 1.91 bits per heavy atom. The first kappa shape index (κ1) is 15.4. The molecule has 0 spiro atoms. The Labute approximate surface area is 138 Å². The minimum absolute atomic E-state index is 0.0570. The monoisotopic (exact) mass is 325 g/mol. The lowest BCUT2D eigenvalue weighted by Gasteiger charge is -2.05. The van der Waals surface area contributed by atoms with Gasteiger partial charge in [-0.3, -0.25) is 4.79 Å². The predicted molar refractivity (Wildman–Crippen MR) is 92.9 cm³/mol. The first-order valence-corrected chi connectivity index (χ1v) is 7.85. The molecule has 2 aromatic carbocycles. The number of amides is 1. The third-order valence-electron chi connectivity index (χ3n) is 3.42. The number of hydrogen-bond acceptors (Lipinski definition) is 4. The number of carbonyl (C=O) groups is 1. The molecule has 4 nitrogen and oxygen atoms in total. The van der Waals surface area contributed by atoms with E-state index >= 15 is 0 Å². The molecule has 0 aromatic heterocycles. The highest BCUT2D eigenvalue weighted by molar-refractivity contribution is 8.19. The van der Waals surface area contributed by atoms with Gasteiger partial charge in [0.1, 0.15) is 5.04 Å². The minimum atomic E-state index is -0.252. The number of aryl methyl sites for hydroxylation is 1. The van der Waals surface area contributed by atoms with Crippen molar-refractivity contribution in [3.05, 3.63) is 64.1 Å². The Morgan fingerprint density at radius 1 is 1.17 bits per heavy atom. The zero-order chi connectivity index (χ0) is 16.4. The van der Waals surface area contributed by atoms with E-state index in [1.165, 1.54) is 30.5 Å². The molecule has 5 heteroatoms. The van der Waals surface area contributed by atoms with Gasteiger partial charge >= 0.3 is 0 Å². The third-order valence-corrected chi connectivity index (χ3v) is 4.46. The number of benzene rings is 2. The Morgan fingerprint density at radius 3 is 2.61 bits per heavy atom. The first-order chi connectivity index (χ1) is 11.1. The molecule has 116 valence electrons. The zero-order valence-corrected chi connectivity index (χ0v) is 13.6. The summed E-state index contributed by atoms with van der Waals surface area (Å²) in [7, 11) is 1.48. The SMILES string of the molecule is COc1cc(C2=NC(=O)/C(=C/c3ccc(C)cc3)S2)ccc1O. The van der Waals surface area contributed by atoms with E-state index in [2.05, 4.69) is 4.99 Å². The van der Waals surface area contributed by atoms with Crippen molar-refractivity contribution < 1.29 is 14.6 Å². The van der Waals surface area contributed by atoms with Crippen LogP contribution in [0.3, 0.4) is 0 Å². The van der Waals surface area contributed by atoms with Gasteiger partial charge in [-0.2, -0.15) is 0 Å². The van der Waals surface area contributed by atoms with Crippen molar-refractivity contribution in [2.24, 2.45) is 4.99 Å². The Balaban J connectivity index is 1.86.